The lowest BCUT2D eigenvalue weighted by atomic mass is 9.82. The Morgan fingerprint density at radius 1 is 0.525 bits per heavy atom. The van der Waals surface area contributed by atoms with Gasteiger partial charge >= 0.3 is 0 Å². The van der Waals surface area contributed by atoms with Gasteiger partial charge < -0.3 is 0 Å². The minimum absolute atomic E-state index is 0.421. The van der Waals surface area contributed by atoms with E-state index in [2.05, 4.69) is 136 Å². The van der Waals surface area contributed by atoms with Gasteiger partial charge in [0.1, 0.15) is 6.78 Å². The predicted molar refractivity (Wildman–Crippen MR) is 193 cm³/mol. The lowest BCUT2D eigenvalue weighted by molar-refractivity contribution is 0.837. The van der Waals surface area contributed by atoms with Crippen molar-refractivity contribution in [2.45, 2.75) is 105 Å². The van der Waals surface area contributed by atoms with Crippen molar-refractivity contribution in [1.29, 1.82) is 0 Å². The molecule has 0 aromatic heterocycles. The summed E-state index contributed by atoms with van der Waals surface area (Å²) in [5, 5.41) is 1.56. The van der Waals surface area contributed by atoms with Crippen LogP contribution in [0.1, 0.15) is 101 Å². The second-order valence-corrected chi connectivity index (χ2v) is 41.4. The number of rotatable bonds is 10. The van der Waals surface area contributed by atoms with Gasteiger partial charge in [-0.15, -0.1) is 0 Å². The van der Waals surface area contributed by atoms with E-state index in [0.29, 0.717) is 23.7 Å². The Labute approximate surface area is 260 Å². The maximum Gasteiger partial charge on any atom is 0.130 e. The van der Waals surface area contributed by atoms with Crippen molar-refractivity contribution in [3.05, 3.63) is 76.9 Å². The Bertz CT molecular complexity index is 1160. The maximum atomic E-state index is 7.40. The highest BCUT2D eigenvalue weighted by Crippen LogP contribution is 2.59. The molecule has 216 valence electrons. The number of halogens is 2. The third kappa shape index (κ3) is 6.17. The summed E-state index contributed by atoms with van der Waals surface area (Å²) in [6.45, 7) is 26.4. The van der Waals surface area contributed by atoms with Crippen molar-refractivity contribution in [3.63, 3.8) is 0 Å². The van der Waals surface area contributed by atoms with Crippen LogP contribution in [0.5, 0.6) is 0 Å². The largest absolute Gasteiger partial charge is 0.130 e. The topological polar surface area (TPSA) is 0 Å². The van der Waals surface area contributed by atoms with Crippen molar-refractivity contribution in [1.82, 2.24) is 0 Å². The highest BCUT2D eigenvalue weighted by atomic mass is 35.9. The first-order valence-electron chi connectivity index (χ1n) is 14.8. The fourth-order valence-electron chi connectivity index (χ4n) is 6.51. The average molecular weight is 644 g/mol. The van der Waals surface area contributed by atoms with Crippen molar-refractivity contribution < 1.29 is 0 Å². The van der Waals surface area contributed by atoms with Crippen LogP contribution in [0, 0.1) is 0 Å². The predicted octanol–water partition coefficient (Wildman–Crippen LogP) is 12.1. The van der Waals surface area contributed by atoms with Gasteiger partial charge in [-0.1, -0.05) is 159 Å². The summed E-state index contributed by atoms with van der Waals surface area (Å²) in [7, 11) is -1.65. The first kappa shape index (κ1) is 33.8. The number of benzene rings is 3. The fraction of sp³-hybridized carbons (Fsp3) is 0.471. The number of hydrogen-bond acceptors (Lipinski definition) is 0. The highest BCUT2D eigenvalue weighted by Gasteiger charge is 2.52. The van der Waals surface area contributed by atoms with E-state index in [9.17, 15) is 0 Å². The first-order chi connectivity index (χ1) is 18.7. The van der Waals surface area contributed by atoms with Crippen LogP contribution >= 0.6 is 28.7 Å². The van der Waals surface area contributed by atoms with Crippen LogP contribution in [0.2, 0.25) is 26.2 Å². The van der Waals surface area contributed by atoms with Gasteiger partial charge in [0.25, 0.3) is 0 Å². The first-order valence-corrected chi connectivity index (χ1v) is 27.8. The van der Waals surface area contributed by atoms with Crippen LogP contribution in [0.4, 0.5) is 0 Å². The van der Waals surface area contributed by atoms with Gasteiger partial charge in [-0.25, -0.2) is 0 Å². The van der Waals surface area contributed by atoms with Crippen LogP contribution in [0.3, 0.4) is 0 Å². The van der Waals surface area contributed by atoms with Gasteiger partial charge in [0, 0.05) is 16.6 Å². The Kier molecular flexibility index (Phi) is 11.6. The Morgan fingerprint density at radius 2 is 0.800 bits per heavy atom. The SMILES string of the molecule is CC(C)c1cccc(C(C)C)c1-c1cccc(-c2c(C(C)C)cccc2C(C)C)c1[Si]([Si](C)C)([Si](C)C)P(Cl)Cl. The lowest BCUT2D eigenvalue weighted by Gasteiger charge is -2.43. The van der Waals surface area contributed by atoms with Gasteiger partial charge in [0.15, 0.2) is 0 Å². The van der Waals surface area contributed by atoms with E-state index in [1.54, 1.807) is 5.19 Å². The molecule has 2 radical (unpaired) electrons. The second-order valence-electron chi connectivity index (χ2n) is 12.9. The molecule has 0 atom stereocenters. The zero-order chi connectivity index (χ0) is 30.1. The smallest absolute Gasteiger partial charge is 0.0837 e. The van der Waals surface area contributed by atoms with E-state index in [1.807, 2.05) is 0 Å². The fourth-order valence-corrected chi connectivity index (χ4v) is 56.3. The molecule has 0 amide bonds. The molecule has 0 N–H and O–H groups in total. The summed E-state index contributed by atoms with van der Waals surface area (Å²) in [6.07, 6.45) is -1.14. The molecule has 0 aliphatic carbocycles. The summed E-state index contributed by atoms with van der Waals surface area (Å²) in [5.41, 5.74) is 11.4. The van der Waals surface area contributed by atoms with Crippen molar-refractivity contribution in [2.75, 3.05) is 0 Å². The molecule has 0 fully saturated rings. The molecular formula is C34H49Cl2PSi3. The standard InChI is InChI=1S/C34H49Cl2PSi3/c1-22(2)26-16-13-17-27(23(3)4)32(26)30-20-15-21-31(34(30)40(37(35)36,38(9)10)39(11)12)33-28(24(5)6)18-14-19-29(33)25(7)8/h13-25H,1-12H3. The van der Waals surface area contributed by atoms with E-state index in [4.69, 9.17) is 22.5 Å². The average Bonchev–Trinajstić information content (AvgIpc) is 2.87. The molecule has 0 aliphatic heterocycles. The van der Waals surface area contributed by atoms with E-state index in [-0.39, 0.29) is 0 Å². The Hall–Kier alpha value is -0.679. The molecule has 0 nitrogen and oxygen atoms in total. The monoisotopic (exact) mass is 642 g/mol. The van der Waals surface area contributed by atoms with Gasteiger partial charge in [0.05, 0.1) is 6.17 Å². The van der Waals surface area contributed by atoms with Crippen LogP contribution in [-0.2, 0) is 0 Å². The Balaban J connectivity index is 2.75. The molecule has 3 aromatic carbocycles. The molecular weight excluding hydrogens is 595 g/mol. The summed E-state index contributed by atoms with van der Waals surface area (Å²) < 4.78 is 0. The van der Waals surface area contributed by atoms with Crippen LogP contribution in [-0.4, -0.2) is 23.4 Å². The summed E-state index contributed by atoms with van der Waals surface area (Å²) in [4.78, 5) is 0. The normalized spacial score (nSPS) is 12.8. The summed E-state index contributed by atoms with van der Waals surface area (Å²) in [6, 6.07) is 21.1. The molecule has 40 heavy (non-hydrogen) atoms. The van der Waals surface area contributed by atoms with Gasteiger partial charge in [-0.3, -0.25) is 0 Å². The van der Waals surface area contributed by atoms with Gasteiger partial charge in [-0.2, -0.15) is 0 Å². The summed E-state index contributed by atoms with van der Waals surface area (Å²) >= 11 is 14.8. The maximum absolute atomic E-state index is 7.40. The van der Waals surface area contributed by atoms with Gasteiger partial charge in [0.2, 0.25) is 0 Å². The van der Waals surface area contributed by atoms with E-state index in [0.717, 1.165) is 0 Å². The highest BCUT2D eigenvalue weighted by molar-refractivity contribution is 8.38. The van der Waals surface area contributed by atoms with Gasteiger partial charge in [-0.05, 0) is 73.4 Å². The van der Waals surface area contributed by atoms with Crippen LogP contribution in [0.25, 0.3) is 22.3 Å². The molecule has 3 aromatic rings. The quantitative estimate of drug-likeness (QED) is 0.152. The van der Waals surface area contributed by atoms with Crippen molar-refractivity contribution in [3.8, 4) is 22.3 Å². The van der Waals surface area contributed by atoms with Crippen molar-refractivity contribution in [2.24, 2.45) is 0 Å². The molecule has 3 rings (SSSR count). The molecule has 0 saturated carbocycles. The lowest BCUT2D eigenvalue weighted by Crippen LogP contribution is -2.65. The second kappa shape index (κ2) is 13.7. The zero-order valence-corrected chi connectivity index (χ0v) is 32.1. The van der Waals surface area contributed by atoms with Crippen LogP contribution in [0.15, 0.2) is 54.6 Å². The molecule has 0 unspecified atom stereocenters. The molecule has 6 heteroatoms. The third-order valence-electron chi connectivity index (χ3n) is 8.41. The number of hydrogen-bond donors (Lipinski definition) is 0. The van der Waals surface area contributed by atoms with Crippen LogP contribution < -0.4 is 5.19 Å². The zero-order valence-electron chi connectivity index (χ0n) is 26.7. The molecule has 0 saturated heterocycles. The molecule has 0 bridgehead atoms. The molecule has 0 aliphatic rings. The summed E-state index contributed by atoms with van der Waals surface area (Å²) in [5.74, 6) is 1.69. The van der Waals surface area contributed by atoms with E-state index < -0.39 is 29.6 Å². The third-order valence-corrected chi connectivity index (χ3v) is 56.2. The molecule has 0 heterocycles. The van der Waals surface area contributed by atoms with E-state index >= 15 is 0 Å². The minimum Gasteiger partial charge on any atom is -0.0837 e. The molecule has 0 spiro atoms. The minimum atomic E-state index is -2.29. The van der Waals surface area contributed by atoms with Crippen molar-refractivity contribution >= 4 is 57.2 Å². The Morgan fingerprint density at radius 3 is 1.02 bits per heavy atom. The van der Waals surface area contributed by atoms with E-state index in [1.165, 1.54) is 44.5 Å².